The first-order valence-electron chi connectivity index (χ1n) is 8.38. The summed E-state index contributed by atoms with van der Waals surface area (Å²) in [4.78, 5) is 1.36. The Morgan fingerprint density at radius 3 is 2.56 bits per heavy atom. The van der Waals surface area contributed by atoms with E-state index in [0.717, 1.165) is 17.3 Å². The molecule has 0 unspecified atom stereocenters. The highest BCUT2D eigenvalue weighted by Crippen LogP contribution is 2.46. The maximum atomic E-state index is 6.04. The van der Waals surface area contributed by atoms with Gasteiger partial charge in [-0.25, -0.2) is 0 Å². The van der Waals surface area contributed by atoms with Crippen molar-refractivity contribution in [1.82, 2.24) is 4.57 Å². The van der Waals surface area contributed by atoms with E-state index in [4.69, 9.17) is 4.74 Å². The number of benzene rings is 3. The number of rotatable bonds is 2. The van der Waals surface area contributed by atoms with Gasteiger partial charge in [0.25, 0.3) is 0 Å². The van der Waals surface area contributed by atoms with Gasteiger partial charge in [0.15, 0.2) is 0 Å². The number of aryl methyl sites for hydroxylation is 1. The highest BCUT2D eigenvalue weighted by Gasteiger charge is 2.23. The molecule has 0 radical (unpaired) electrons. The van der Waals surface area contributed by atoms with E-state index in [1.165, 1.54) is 32.6 Å². The zero-order valence-corrected chi connectivity index (χ0v) is 14.7. The summed E-state index contributed by atoms with van der Waals surface area (Å²) in [7, 11) is 2.16. The van der Waals surface area contributed by atoms with Gasteiger partial charge in [0.05, 0.1) is 5.69 Å². The first kappa shape index (κ1) is 14.7. The molecule has 5 rings (SSSR count). The molecule has 122 valence electrons. The molecule has 2 heterocycles. The maximum Gasteiger partial charge on any atom is 0.128 e. The number of aromatic nitrogens is 1. The predicted octanol–water partition coefficient (Wildman–Crippen LogP) is 6.24. The van der Waals surface area contributed by atoms with Crippen LogP contribution in [0.25, 0.3) is 22.2 Å². The van der Waals surface area contributed by atoms with E-state index in [-0.39, 0.29) is 0 Å². The first-order valence-corrected chi connectivity index (χ1v) is 9.36. The summed E-state index contributed by atoms with van der Waals surface area (Å²) in [6.45, 7) is 0. The van der Waals surface area contributed by atoms with E-state index in [2.05, 4.69) is 54.1 Å². The smallest absolute Gasteiger partial charge is 0.128 e. The van der Waals surface area contributed by atoms with Gasteiger partial charge >= 0.3 is 0 Å². The Hall–Kier alpha value is -2.65. The monoisotopic (exact) mass is 343 g/mol. The Balaban J connectivity index is 1.67. The van der Waals surface area contributed by atoms with Crippen LogP contribution in [0.4, 0.5) is 0 Å². The predicted molar refractivity (Wildman–Crippen MR) is 104 cm³/mol. The van der Waals surface area contributed by atoms with E-state index in [0.29, 0.717) is 0 Å². The van der Waals surface area contributed by atoms with Crippen molar-refractivity contribution in [2.24, 2.45) is 7.05 Å². The Morgan fingerprint density at radius 1 is 0.880 bits per heavy atom. The fourth-order valence-corrected chi connectivity index (χ4v) is 4.70. The molecule has 0 atom stereocenters. The number of para-hydroxylation sites is 1. The first-order chi connectivity index (χ1) is 12.3. The Kier molecular flexibility index (Phi) is 3.35. The highest BCUT2D eigenvalue weighted by atomic mass is 32.2. The average molecular weight is 343 g/mol. The number of ether oxygens (including phenoxy) is 1. The van der Waals surface area contributed by atoms with Gasteiger partial charge in [0.1, 0.15) is 11.5 Å². The molecule has 3 heteroatoms. The summed E-state index contributed by atoms with van der Waals surface area (Å²) < 4.78 is 8.36. The van der Waals surface area contributed by atoms with Gasteiger partial charge in [-0.05, 0) is 42.0 Å². The largest absolute Gasteiger partial charge is 0.457 e. The second-order valence-corrected chi connectivity index (χ2v) is 7.28. The third-order valence-electron chi connectivity index (χ3n) is 4.77. The minimum absolute atomic E-state index is 0.867. The lowest BCUT2D eigenvalue weighted by atomic mass is 10.1. The van der Waals surface area contributed by atoms with Crippen LogP contribution in [0.2, 0.25) is 0 Å². The molecule has 1 aliphatic heterocycles. The Bertz CT molecular complexity index is 1080. The molecule has 0 spiro atoms. The molecule has 2 nitrogen and oxygen atoms in total. The van der Waals surface area contributed by atoms with E-state index < -0.39 is 0 Å². The zero-order chi connectivity index (χ0) is 16.8. The van der Waals surface area contributed by atoms with Crippen molar-refractivity contribution in [3.8, 4) is 22.8 Å². The molecular formula is C22H17NOS. The molecule has 25 heavy (non-hydrogen) atoms. The highest BCUT2D eigenvalue weighted by molar-refractivity contribution is 7.98. The van der Waals surface area contributed by atoms with Crippen molar-refractivity contribution in [3.63, 3.8) is 0 Å². The maximum absolute atomic E-state index is 6.04. The van der Waals surface area contributed by atoms with E-state index in [1.54, 1.807) is 0 Å². The number of fused-ring (bicyclic) bond motifs is 5. The van der Waals surface area contributed by atoms with E-state index >= 15 is 0 Å². The molecule has 0 bridgehead atoms. The Morgan fingerprint density at radius 2 is 1.68 bits per heavy atom. The standard InChI is InChI=1S/C22H17NOS/c1-23-20-12-11-16(24-15-7-3-2-4-8-15)13-18(20)19-14-25-21-10-6-5-9-17(21)22(19)23/h2-13H,14H2,1H3. The fourth-order valence-electron chi connectivity index (χ4n) is 3.62. The number of hydrogen-bond donors (Lipinski definition) is 0. The van der Waals surface area contributed by atoms with Gasteiger partial charge in [-0.3, -0.25) is 0 Å². The van der Waals surface area contributed by atoms with Crippen molar-refractivity contribution in [3.05, 3.63) is 78.4 Å². The second-order valence-electron chi connectivity index (χ2n) is 6.27. The van der Waals surface area contributed by atoms with Crippen LogP contribution in [0.1, 0.15) is 5.56 Å². The van der Waals surface area contributed by atoms with Crippen molar-refractivity contribution < 1.29 is 4.74 Å². The van der Waals surface area contributed by atoms with Gasteiger partial charge in [-0.1, -0.05) is 36.4 Å². The third-order valence-corrected chi connectivity index (χ3v) is 5.87. The zero-order valence-electron chi connectivity index (χ0n) is 13.9. The van der Waals surface area contributed by atoms with Crippen LogP contribution in [0.3, 0.4) is 0 Å². The van der Waals surface area contributed by atoms with Crippen molar-refractivity contribution >= 4 is 22.7 Å². The van der Waals surface area contributed by atoms with Crippen molar-refractivity contribution in [2.75, 3.05) is 0 Å². The lowest BCUT2D eigenvalue weighted by Gasteiger charge is -2.17. The Labute approximate surface area is 151 Å². The summed E-state index contributed by atoms with van der Waals surface area (Å²) in [5.74, 6) is 2.75. The summed E-state index contributed by atoms with van der Waals surface area (Å²) in [6.07, 6.45) is 0. The third kappa shape index (κ3) is 2.35. The van der Waals surface area contributed by atoms with Crippen LogP contribution in [0.5, 0.6) is 11.5 Å². The minimum Gasteiger partial charge on any atom is -0.457 e. The lowest BCUT2D eigenvalue weighted by Crippen LogP contribution is -1.98. The molecule has 0 saturated heterocycles. The van der Waals surface area contributed by atoms with Crippen LogP contribution >= 0.6 is 11.8 Å². The quantitative estimate of drug-likeness (QED) is 0.427. The summed E-state index contributed by atoms with van der Waals surface area (Å²) >= 11 is 1.92. The van der Waals surface area contributed by atoms with Gasteiger partial charge in [-0.15, -0.1) is 11.8 Å². The molecule has 0 fully saturated rings. The molecule has 1 aromatic heterocycles. The van der Waals surface area contributed by atoms with Gasteiger partial charge < -0.3 is 9.30 Å². The number of hydrogen-bond acceptors (Lipinski definition) is 2. The molecule has 0 aliphatic carbocycles. The van der Waals surface area contributed by atoms with Crippen LogP contribution in [0, 0.1) is 0 Å². The van der Waals surface area contributed by atoms with Crippen molar-refractivity contribution in [2.45, 2.75) is 10.6 Å². The molecular weight excluding hydrogens is 326 g/mol. The molecule has 4 aromatic rings. The van der Waals surface area contributed by atoms with Gasteiger partial charge in [0.2, 0.25) is 0 Å². The van der Waals surface area contributed by atoms with Crippen LogP contribution in [-0.2, 0) is 12.8 Å². The SMILES string of the molecule is Cn1c2c(c3cc(Oc4ccccc4)ccc31)CSc1ccccc1-2. The molecule has 1 aliphatic rings. The normalized spacial score (nSPS) is 12.7. The van der Waals surface area contributed by atoms with E-state index in [9.17, 15) is 0 Å². The van der Waals surface area contributed by atoms with E-state index in [1.807, 2.05) is 42.1 Å². The molecule has 0 saturated carbocycles. The van der Waals surface area contributed by atoms with Crippen LogP contribution in [0.15, 0.2) is 77.7 Å². The molecule has 0 N–H and O–H groups in total. The van der Waals surface area contributed by atoms with Gasteiger partial charge in [0, 0.05) is 34.2 Å². The van der Waals surface area contributed by atoms with Crippen LogP contribution < -0.4 is 4.74 Å². The average Bonchev–Trinajstić information content (AvgIpc) is 2.95. The fraction of sp³-hybridized carbons (Fsp3) is 0.0909. The molecule has 3 aromatic carbocycles. The number of thioether (sulfide) groups is 1. The van der Waals surface area contributed by atoms with Crippen molar-refractivity contribution in [1.29, 1.82) is 0 Å². The summed E-state index contributed by atoms with van der Waals surface area (Å²) in [6, 6.07) is 25.0. The molecule has 0 amide bonds. The summed E-state index contributed by atoms with van der Waals surface area (Å²) in [5.41, 5.74) is 5.32. The van der Waals surface area contributed by atoms with Gasteiger partial charge in [-0.2, -0.15) is 0 Å². The summed E-state index contributed by atoms with van der Waals surface area (Å²) in [5, 5.41) is 1.29. The van der Waals surface area contributed by atoms with Crippen LogP contribution in [-0.4, -0.2) is 4.57 Å². The second kappa shape index (κ2) is 5.71. The minimum atomic E-state index is 0.867. The lowest BCUT2D eigenvalue weighted by molar-refractivity contribution is 0.483. The number of nitrogens with zero attached hydrogens (tertiary/aromatic N) is 1. The topological polar surface area (TPSA) is 14.2 Å².